The van der Waals surface area contributed by atoms with E-state index in [1.54, 1.807) is 0 Å². The summed E-state index contributed by atoms with van der Waals surface area (Å²) in [7, 11) is 0. The van der Waals surface area contributed by atoms with Crippen molar-refractivity contribution in [2.75, 3.05) is 25.1 Å². The molecule has 0 spiro atoms. The summed E-state index contributed by atoms with van der Waals surface area (Å²) < 4.78 is 11.3. The fourth-order valence-corrected chi connectivity index (χ4v) is 2.85. The number of nitrogens with two attached hydrogens (primary N) is 1. The molecule has 3 N–H and O–H groups in total. The molecule has 0 saturated carbocycles. The maximum Gasteiger partial charge on any atom is 0.193 e. The van der Waals surface area contributed by atoms with Gasteiger partial charge in [-0.2, -0.15) is 0 Å². The molecular formula is C21H27N3O2. The number of hydrogen-bond donors (Lipinski definition) is 2. The summed E-state index contributed by atoms with van der Waals surface area (Å²) in [6.45, 7) is 10.2. The third-order valence-electron chi connectivity index (χ3n) is 4.75. The number of ether oxygens (including phenoxy) is 2. The number of rotatable bonds is 4. The lowest BCUT2D eigenvalue weighted by Gasteiger charge is -2.26. The third-order valence-corrected chi connectivity index (χ3v) is 4.75. The van der Waals surface area contributed by atoms with E-state index >= 15 is 0 Å². The van der Waals surface area contributed by atoms with E-state index in [9.17, 15) is 0 Å². The van der Waals surface area contributed by atoms with Gasteiger partial charge in [0.25, 0.3) is 0 Å². The second kappa shape index (κ2) is 7.28. The Morgan fingerprint density at radius 2 is 1.77 bits per heavy atom. The lowest BCUT2D eigenvalue weighted by molar-refractivity contribution is 0.171. The van der Waals surface area contributed by atoms with E-state index in [-0.39, 0.29) is 5.41 Å². The first-order chi connectivity index (χ1) is 12.3. The SMILES string of the molecule is Cc1ccc(NC(N)=NCC(C)(C)c2ccc3c(c2)OCCO3)cc1C. The van der Waals surface area contributed by atoms with Crippen molar-refractivity contribution in [1.82, 2.24) is 0 Å². The van der Waals surface area contributed by atoms with Crippen molar-refractivity contribution < 1.29 is 9.47 Å². The molecule has 0 unspecified atom stereocenters. The van der Waals surface area contributed by atoms with Gasteiger partial charge in [-0.05, 0) is 54.8 Å². The quantitative estimate of drug-likeness (QED) is 0.648. The number of aliphatic imine (C=N–C) groups is 1. The molecule has 1 heterocycles. The Bertz CT molecular complexity index is 828. The van der Waals surface area contributed by atoms with Gasteiger partial charge in [0.05, 0.1) is 6.54 Å². The Balaban J connectivity index is 1.70. The smallest absolute Gasteiger partial charge is 0.193 e. The fourth-order valence-electron chi connectivity index (χ4n) is 2.85. The lowest BCUT2D eigenvalue weighted by Crippen LogP contribution is -2.28. The zero-order valence-corrected chi connectivity index (χ0v) is 15.9. The Hall–Kier alpha value is -2.69. The second-order valence-corrected chi connectivity index (χ2v) is 7.37. The Kier molecular flexibility index (Phi) is 5.07. The molecule has 0 amide bonds. The van der Waals surface area contributed by atoms with E-state index in [1.807, 2.05) is 18.2 Å². The topological polar surface area (TPSA) is 68.9 Å². The minimum absolute atomic E-state index is 0.175. The molecular weight excluding hydrogens is 326 g/mol. The summed E-state index contributed by atoms with van der Waals surface area (Å²) >= 11 is 0. The van der Waals surface area contributed by atoms with Crippen molar-refractivity contribution >= 4 is 11.6 Å². The molecule has 0 aromatic heterocycles. The Morgan fingerprint density at radius 1 is 1.04 bits per heavy atom. The fraction of sp³-hybridized carbons (Fsp3) is 0.381. The number of nitrogens with one attached hydrogen (secondary N) is 1. The van der Waals surface area contributed by atoms with Gasteiger partial charge in [0.2, 0.25) is 0 Å². The van der Waals surface area contributed by atoms with Crippen LogP contribution in [0.15, 0.2) is 41.4 Å². The summed E-state index contributed by atoms with van der Waals surface area (Å²) in [5.41, 5.74) is 10.5. The highest BCUT2D eigenvalue weighted by Crippen LogP contribution is 2.35. The Labute approximate surface area is 155 Å². The van der Waals surface area contributed by atoms with Gasteiger partial charge in [0.1, 0.15) is 13.2 Å². The van der Waals surface area contributed by atoms with Gasteiger partial charge in [0.15, 0.2) is 17.5 Å². The van der Waals surface area contributed by atoms with Crippen LogP contribution in [0, 0.1) is 13.8 Å². The average molecular weight is 353 g/mol. The highest BCUT2D eigenvalue weighted by molar-refractivity contribution is 5.92. The zero-order valence-electron chi connectivity index (χ0n) is 15.9. The maximum absolute atomic E-state index is 6.08. The number of hydrogen-bond acceptors (Lipinski definition) is 3. The van der Waals surface area contributed by atoms with Crippen molar-refractivity contribution in [2.24, 2.45) is 10.7 Å². The first-order valence-electron chi connectivity index (χ1n) is 8.89. The molecule has 2 aromatic carbocycles. The molecule has 26 heavy (non-hydrogen) atoms. The number of anilines is 1. The third kappa shape index (κ3) is 4.10. The number of nitrogens with zero attached hydrogens (tertiary/aromatic N) is 1. The van der Waals surface area contributed by atoms with Gasteiger partial charge in [0, 0.05) is 11.1 Å². The normalized spacial score (nSPS) is 14.2. The molecule has 138 valence electrons. The van der Waals surface area contributed by atoms with Crippen LogP contribution in [0.1, 0.15) is 30.5 Å². The van der Waals surface area contributed by atoms with Gasteiger partial charge < -0.3 is 20.5 Å². The maximum atomic E-state index is 6.08. The van der Waals surface area contributed by atoms with E-state index in [0.717, 1.165) is 22.7 Å². The molecule has 0 aliphatic carbocycles. The molecule has 0 radical (unpaired) electrons. The van der Waals surface area contributed by atoms with Crippen LogP contribution >= 0.6 is 0 Å². The minimum Gasteiger partial charge on any atom is -0.486 e. The lowest BCUT2D eigenvalue weighted by atomic mass is 9.84. The molecule has 0 fully saturated rings. The largest absolute Gasteiger partial charge is 0.486 e. The van der Waals surface area contributed by atoms with Gasteiger partial charge in [-0.1, -0.05) is 26.0 Å². The van der Waals surface area contributed by atoms with Crippen LogP contribution in [0.3, 0.4) is 0 Å². The van der Waals surface area contributed by atoms with E-state index < -0.39 is 0 Å². The highest BCUT2D eigenvalue weighted by Gasteiger charge is 2.23. The molecule has 5 nitrogen and oxygen atoms in total. The number of fused-ring (bicyclic) bond motifs is 1. The summed E-state index contributed by atoms with van der Waals surface area (Å²) in [5, 5.41) is 3.17. The van der Waals surface area contributed by atoms with Crippen molar-refractivity contribution in [2.45, 2.75) is 33.1 Å². The van der Waals surface area contributed by atoms with Gasteiger partial charge in [-0.15, -0.1) is 0 Å². The van der Waals surface area contributed by atoms with Crippen molar-refractivity contribution in [1.29, 1.82) is 0 Å². The molecule has 2 aromatic rings. The van der Waals surface area contributed by atoms with Crippen molar-refractivity contribution in [3.05, 3.63) is 53.1 Å². The van der Waals surface area contributed by atoms with Gasteiger partial charge in [-0.3, -0.25) is 4.99 Å². The molecule has 5 heteroatoms. The standard InChI is InChI=1S/C21H27N3O2/c1-14-5-7-17(11-15(14)2)24-20(22)23-13-21(3,4)16-6-8-18-19(12-16)26-10-9-25-18/h5-8,11-12H,9-10,13H2,1-4H3,(H3,22,23,24). The number of benzene rings is 2. The number of guanidine groups is 1. The summed E-state index contributed by atoms with van der Waals surface area (Å²) in [4.78, 5) is 4.54. The summed E-state index contributed by atoms with van der Waals surface area (Å²) in [6, 6.07) is 12.2. The predicted molar refractivity (Wildman–Crippen MR) is 106 cm³/mol. The average Bonchev–Trinajstić information content (AvgIpc) is 2.63. The van der Waals surface area contributed by atoms with E-state index in [2.05, 4.69) is 56.2 Å². The zero-order chi connectivity index (χ0) is 18.7. The number of aryl methyl sites for hydroxylation is 2. The second-order valence-electron chi connectivity index (χ2n) is 7.37. The van der Waals surface area contributed by atoms with Crippen LogP contribution < -0.4 is 20.5 Å². The van der Waals surface area contributed by atoms with Crippen molar-refractivity contribution in [3.8, 4) is 11.5 Å². The molecule has 0 bridgehead atoms. The van der Waals surface area contributed by atoms with Crippen LogP contribution in [-0.2, 0) is 5.41 Å². The molecule has 1 aliphatic heterocycles. The van der Waals surface area contributed by atoms with Crippen LogP contribution in [0.5, 0.6) is 11.5 Å². The van der Waals surface area contributed by atoms with E-state index in [4.69, 9.17) is 15.2 Å². The monoisotopic (exact) mass is 353 g/mol. The van der Waals surface area contributed by atoms with Crippen molar-refractivity contribution in [3.63, 3.8) is 0 Å². The van der Waals surface area contributed by atoms with Crippen LogP contribution in [0.4, 0.5) is 5.69 Å². The summed E-state index contributed by atoms with van der Waals surface area (Å²) in [6.07, 6.45) is 0. The molecule has 1 aliphatic rings. The van der Waals surface area contributed by atoms with E-state index in [1.165, 1.54) is 11.1 Å². The first kappa shape index (κ1) is 18.1. The van der Waals surface area contributed by atoms with E-state index in [0.29, 0.717) is 25.7 Å². The summed E-state index contributed by atoms with van der Waals surface area (Å²) in [5.74, 6) is 2.01. The molecule has 0 saturated heterocycles. The van der Waals surface area contributed by atoms with Crippen LogP contribution in [0.25, 0.3) is 0 Å². The van der Waals surface area contributed by atoms with Crippen LogP contribution in [0.2, 0.25) is 0 Å². The Morgan fingerprint density at radius 3 is 2.50 bits per heavy atom. The molecule has 0 atom stereocenters. The molecule has 3 rings (SSSR count). The highest BCUT2D eigenvalue weighted by atomic mass is 16.6. The van der Waals surface area contributed by atoms with Gasteiger partial charge >= 0.3 is 0 Å². The first-order valence-corrected chi connectivity index (χ1v) is 8.89. The minimum atomic E-state index is -0.175. The predicted octanol–water partition coefficient (Wildman–Crippen LogP) is 3.78. The van der Waals surface area contributed by atoms with Crippen LogP contribution in [-0.4, -0.2) is 25.7 Å². The van der Waals surface area contributed by atoms with Gasteiger partial charge in [-0.25, -0.2) is 0 Å².